The predicted octanol–water partition coefficient (Wildman–Crippen LogP) is 7.37. The first kappa shape index (κ1) is 50.9. The molecular formula is C28H27Br3Cl4N6O8S4. The van der Waals surface area contributed by atoms with Gasteiger partial charge in [0.15, 0.2) is 0 Å². The van der Waals surface area contributed by atoms with E-state index in [4.69, 9.17) is 56.3 Å². The van der Waals surface area contributed by atoms with Gasteiger partial charge >= 0.3 is 0 Å². The molecule has 0 aliphatic heterocycles. The van der Waals surface area contributed by atoms with Crippen LogP contribution in [-0.2, 0) is 58.4 Å². The topological polar surface area (TPSA) is 249 Å². The maximum Gasteiger partial charge on any atom is 0.245 e. The van der Waals surface area contributed by atoms with Crippen LogP contribution < -0.4 is 14.2 Å². The third-order valence-corrected chi connectivity index (χ3v) is 13.8. The van der Waals surface area contributed by atoms with E-state index < -0.39 is 39.1 Å². The van der Waals surface area contributed by atoms with Gasteiger partial charge in [0, 0.05) is 24.1 Å². The summed E-state index contributed by atoms with van der Waals surface area (Å²) in [5.41, 5.74) is 8.26. The van der Waals surface area contributed by atoms with Gasteiger partial charge in [0.2, 0.25) is 39.1 Å². The molecule has 0 spiro atoms. The molecule has 3 aromatic rings. The molecular weight excluding hydrogens is 1060 g/mol. The number of benzene rings is 3. The van der Waals surface area contributed by atoms with Crippen LogP contribution in [0, 0.1) is 34.0 Å². The molecule has 0 aliphatic rings. The highest BCUT2D eigenvalue weighted by molar-refractivity contribution is 9.11. The van der Waals surface area contributed by atoms with Crippen LogP contribution in [0.2, 0.25) is 15.1 Å². The summed E-state index contributed by atoms with van der Waals surface area (Å²) in [6, 6.07) is 15.3. The van der Waals surface area contributed by atoms with E-state index in [1.807, 2.05) is 18.2 Å². The number of nitriles is 3. The number of sulfonamides is 3. The fourth-order valence-electron chi connectivity index (χ4n) is 3.46. The Balaban J connectivity index is 0.000000736. The monoisotopic (exact) mass is 1080 g/mol. The number of nitrogens with zero attached hydrogens (tertiary/aromatic N) is 4. The average molecular weight is 1090 g/mol. The predicted molar refractivity (Wildman–Crippen MR) is 221 cm³/mol. The van der Waals surface area contributed by atoms with Crippen molar-refractivity contribution < 1.29 is 33.7 Å². The lowest BCUT2D eigenvalue weighted by atomic mass is 10.1. The minimum absolute atomic E-state index is 0.0539. The number of nitrogens with two attached hydrogens (primary N) is 1. The number of nitrogen functional groups attached to an aromatic ring is 1. The highest BCUT2D eigenvalue weighted by Gasteiger charge is 2.30. The van der Waals surface area contributed by atoms with E-state index in [0.29, 0.717) is 37.2 Å². The van der Waals surface area contributed by atoms with Gasteiger partial charge in [-0.1, -0.05) is 53.0 Å². The Morgan fingerprint density at radius 3 is 1.34 bits per heavy atom. The second-order valence-electron chi connectivity index (χ2n) is 10.00. The molecule has 0 atom stereocenters. The molecule has 0 bridgehead atoms. The van der Waals surface area contributed by atoms with Crippen LogP contribution in [0.25, 0.3) is 0 Å². The molecule has 53 heavy (non-hydrogen) atoms. The van der Waals surface area contributed by atoms with Crippen LogP contribution >= 0.6 is 93.3 Å². The zero-order valence-corrected chi connectivity index (χ0v) is 38.5. The van der Waals surface area contributed by atoms with E-state index in [2.05, 4.69) is 63.2 Å². The van der Waals surface area contributed by atoms with Crippen molar-refractivity contribution in [3.63, 3.8) is 0 Å². The summed E-state index contributed by atoms with van der Waals surface area (Å²) in [4.78, 5) is 0. The average Bonchev–Trinajstić information content (AvgIpc) is 2.99. The number of hydrogen-bond donors (Lipinski definition) is 2. The van der Waals surface area contributed by atoms with E-state index in [1.165, 1.54) is 18.2 Å². The maximum absolute atomic E-state index is 11.7. The van der Waals surface area contributed by atoms with Crippen LogP contribution in [0.3, 0.4) is 0 Å². The molecule has 14 nitrogen and oxygen atoms in total. The molecule has 290 valence electrons. The Hall–Kier alpha value is -2.07. The van der Waals surface area contributed by atoms with Crippen molar-refractivity contribution in [1.29, 1.82) is 15.8 Å². The smallest absolute Gasteiger partial charge is 0.245 e. The third kappa shape index (κ3) is 18.4. The minimum atomic E-state index is -4.06. The summed E-state index contributed by atoms with van der Waals surface area (Å²) in [6.07, 6.45) is 4.09. The number of hydrogen-bond acceptors (Lipinski definition) is 12. The number of nitrogens with one attached hydrogen (secondary N) is 1. The highest BCUT2D eigenvalue weighted by atomic mass is 79.9. The van der Waals surface area contributed by atoms with Gasteiger partial charge in [-0.15, -0.1) is 0 Å². The first-order valence-electron chi connectivity index (χ1n) is 13.4. The maximum atomic E-state index is 11.7. The summed E-state index contributed by atoms with van der Waals surface area (Å²) in [5, 5.41) is 26.3. The molecule has 0 saturated heterocycles. The van der Waals surface area contributed by atoms with E-state index in [0.717, 1.165) is 30.6 Å². The van der Waals surface area contributed by atoms with Crippen LogP contribution in [0.4, 0.5) is 17.1 Å². The zero-order chi connectivity index (χ0) is 41.7. The van der Waals surface area contributed by atoms with Crippen LogP contribution in [0.15, 0.2) is 49.8 Å². The first-order valence-corrected chi connectivity index (χ1v) is 25.2. The van der Waals surface area contributed by atoms with E-state index in [9.17, 15) is 33.7 Å². The van der Waals surface area contributed by atoms with Crippen LogP contribution in [-0.4, -0.2) is 58.7 Å². The Labute approximate surface area is 353 Å². The van der Waals surface area contributed by atoms with Crippen molar-refractivity contribution in [1.82, 2.24) is 0 Å². The quantitative estimate of drug-likeness (QED) is 0.166. The van der Waals surface area contributed by atoms with Gasteiger partial charge in [-0.25, -0.2) is 33.7 Å². The van der Waals surface area contributed by atoms with Gasteiger partial charge in [-0.3, -0.25) is 4.72 Å². The van der Waals surface area contributed by atoms with Gasteiger partial charge in [0.05, 0.1) is 94.6 Å². The fourth-order valence-corrected chi connectivity index (χ4v) is 9.32. The normalized spacial score (nSPS) is 11.0. The molecule has 0 aliphatic carbocycles. The Kier molecular flexibility index (Phi) is 21.0. The molecule has 3 aromatic carbocycles. The van der Waals surface area contributed by atoms with Gasteiger partial charge in [-0.05, 0) is 82.7 Å². The summed E-state index contributed by atoms with van der Waals surface area (Å²) in [6.45, 7) is 0. The number of halogens is 7. The summed E-state index contributed by atoms with van der Waals surface area (Å²) >= 11 is 27.4. The van der Waals surface area contributed by atoms with Crippen LogP contribution in [0.1, 0.15) is 16.7 Å². The fraction of sp³-hybridized carbons (Fsp3) is 0.250. The molecule has 0 fully saturated rings. The van der Waals surface area contributed by atoms with Gasteiger partial charge in [0.25, 0.3) is 0 Å². The van der Waals surface area contributed by atoms with E-state index in [-0.39, 0.29) is 42.4 Å². The molecule has 3 N–H and O–H groups in total. The van der Waals surface area contributed by atoms with Crippen LogP contribution in [0.5, 0.6) is 0 Å². The highest BCUT2D eigenvalue weighted by Crippen LogP contribution is 2.38. The van der Waals surface area contributed by atoms with Crippen molar-refractivity contribution in [2.24, 2.45) is 0 Å². The van der Waals surface area contributed by atoms with Gasteiger partial charge in [-0.2, -0.15) is 19.5 Å². The lowest BCUT2D eigenvalue weighted by Crippen LogP contribution is -2.35. The SMILES string of the molecule is CS(=O)(=O)Cl.CS(=O)(=O)N(c1ccc(CC#N)c(Br)c1Cl)S(C)(=O)=O.CS(=O)(=O)Nc1ccc(CC#N)c(Br)c1Cl.N#CCc1ccc(N)c(Cl)c1Br. The van der Waals surface area contributed by atoms with Crippen molar-refractivity contribution in [3.05, 3.63) is 81.6 Å². The standard InChI is InChI=1S/C10H10BrClN2O4S2.C9H8BrClN2O2S.C8H6BrClN2.CH3ClO2S/c1-19(15,16)14(20(2,17)18)8-4-3-7(5-6-13)9(11)10(8)12;1-16(14,15)13-7-3-2-6(4-5-12)8(10)9(7)11;9-7-5(3-4-11)1-2-6(12)8(7)10;1-5(2,3)4/h3-4H,5H2,1-2H3;2-3,13H,4H2,1H3;1-2H,3,12H2;1H3. The first-order chi connectivity index (χ1) is 24.0. The van der Waals surface area contributed by atoms with Crippen molar-refractivity contribution in [3.8, 4) is 18.2 Å². The largest absolute Gasteiger partial charge is 0.397 e. The van der Waals surface area contributed by atoms with Crippen molar-refractivity contribution in [2.75, 3.05) is 39.2 Å². The molecule has 0 amide bonds. The summed E-state index contributed by atoms with van der Waals surface area (Å²) < 4.78 is 91.6. The lowest BCUT2D eigenvalue weighted by Gasteiger charge is -2.21. The molecule has 0 unspecified atom stereocenters. The minimum Gasteiger partial charge on any atom is -0.397 e. The van der Waals surface area contributed by atoms with E-state index >= 15 is 0 Å². The molecule has 0 aromatic heterocycles. The molecule has 0 radical (unpaired) electrons. The van der Waals surface area contributed by atoms with E-state index in [1.54, 1.807) is 18.2 Å². The van der Waals surface area contributed by atoms with Gasteiger partial charge in [0.1, 0.15) is 0 Å². The molecule has 3 rings (SSSR count). The lowest BCUT2D eigenvalue weighted by molar-refractivity contribution is 0.590. The summed E-state index contributed by atoms with van der Waals surface area (Å²) in [7, 11) is -10.2. The van der Waals surface area contributed by atoms with Crippen molar-refractivity contribution >= 4 is 149 Å². The Morgan fingerprint density at radius 1 is 0.642 bits per heavy atom. The molecule has 0 saturated carbocycles. The Bertz CT molecular complexity index is 2370. The molecule has 25 heteroatoms. The van der Waals surface area contributed by atoms with Gasteiger partial charge < -0.3 is 5.73 Å². The number of rotatable bonds is 8. The second-order valence-corrected chi connectivity index (χ2v) is 22.2. The van der Waals surface area contributed by atoms with Crippen molar-refractivity contribution in [2.45, 2.75) is 19.3 Å². The second kappa shape index (κ2) is 21.9. The molecule has 0 heterocycles. The number of anilines is 3. The third-order valence-electron chi connectivity index (χ3n) is 5.40. The summed E-state index contributed by atoms with van der Waals surface area (Å²) in [5.74, 6) is 0. The Morgan fingerprint density at radius 2 is 0.981 bits per heavy atom. The zero-order valence-electron chi connectivity index (χ0n) is 27.5.